The molecule has 0 rings (SSSR count). The summed E-state index contributed by atoms with van der Waals surface area (Å²) < 4.78 is 0. The van der Waals surface area contributed by atoms with Gasteiger partial charge in [0.1, 0.15) is 0 Å². The van der Waals surface area contributed by atoms with Gasteiger partial charge < -0.3 is 0 Å². The first-order valence-corrected chi connectivity index (χ1v) is 5.39. The zero-order valence-corrected chi connectivity index (χ0v) is 7.72. The van der Waals surface area contributed by atoms with Crippen molar-refractivity contribution in [1.82, 2.24) is 0 Å². The average molecular weight is 206 g/mol. The van der Waals surface area contributed by atoms with Gasteiger partial charge >= 0.3 is 33.0 Å². The van der Waals surface area contributed by atoms with Crippen LogP contribution in [-0.2, 0) is 12.7 Å². The molecule has 0 aromatic heterocycles. The minimum atomic E-state index is 0.569. The molecular formula is C3H9Cl2NiP. The molecule has 0 heterocycles. The summed E-state index contributed by atoms with van der Waals surface area (Å²) in [7, 11) is 12.1. The van der Waals surface area contributed by atoms with Gasteiger partial charge in [-0.15, -0.1) is 9.24 Å². The van der Waals surface area contributed by atoms with Crippen molar-refractivity contribution >= 4 is 29.6 Å². The third-order valence-electron chi connectivity index (χ3n) is 0.289. The second-order valence-corrected chi connectivity index (χ2v) is 3.04. The van der Waals surface area contributed by atoms with Gasteiger partial charge in [-0.25, -0.2) is 0 Å². The molecule has 50 valence electrons. The molecule has 0 bridgehead atoms. The molecule has 0 radical (unpaired) electrons. The van der Waals surface area contributed by atoms with E-state index < -0.39 is 0 Å². The van der Waals surface area contributed by atoms with Gasteiger partial charge in [-0.05, 0) is 6.16 Å². The molecule has 0 aromatic carbocycles. The van der Waals surface area contributed by atoms with Crippen LogP contribution in [-0.4, -0.2) is 6.16 Å². The third-order valence-corrected chi connectivity index (χ3v) is 0.866. The Labute approximate surface area is 61.9 Å². The Morgan fingerprint density at radius 1 is 1.57 bits per heavy atom. The maximum atomic E-state index is 4.70. The monoisotopic (exact) mass is 204 g/mol. The Bertz CT molecular complexity index is 20.4. The van der Waals surface area contributed by atoms with E-state index in [9.17, 15) is 0 Å². The van der Waals surface area contributed by atoms with E-state index in [2.05, 4.69) is 16.2 Å². The van der Waals surface area contributed by atoms with Crippen molar-refractivity contribution in [2.45, 2.75) is 13.3 Å². The van der Waals surface area contributed by atoms with Crippen LogP contribution in [0.5, 0.6) is 0 Å². The van der Waals surface area contributed by atoms with E-state index in [0.717, 1.165) is 0 Å². The van der Waals surface area contributed by atoms with Gasteiger partial charge in [0.25, 0.3) is 0 Å². The van der Waals surface area contributed by atoms with Crippen molar-refractivity contribution in [2.24, 2.45) is 0 Å². The Morgan fingerprint density at radius 2 is 1.71 bits per heavy atom. The first kappa shape index (κ1) is 11.3. The number of halogens is 2. The Kier molecular flexibility index (Phi) is 25.3. The molecular weight excluding hydrogens is 197 g/mol. The summed E-state index contributed by atoms with van der Waals surface area (Å²) in [6.07, 6.45) is 2.52. The van der Waals surface area contributed by atoms with E-state index in [1.165, 1.54) is 12.6 Å². The van der Waals surface area contributed by atoms with E-state index in [4.69, 9.17) is 20.4 Å². The standard InChI is InChI=1S/C3H9P.2ClH.Ni/c1-2-3-4;;;/h2-4H2,1H3;2*1H;/q;;;+2/p-2. The topological polar surface area (TPSA) is 0 Å². The molecule has 0 spiro atoms. The molecule has 0 aliphatic heterocycles. The number of hydrogen-bond acceptors (Lipinski definition) is 0. The van der Waals surface area contributed by atoms with Gasteiger partial charge in [-0.2, -0.15) is 0 Å². The van der Waals surface area contributed by atoms with E-state index in [1.54, 1.807) is 0 Å². The second kappa shape index (κ2) is 15.6. The second-order valence-electron chi connectivity index (χ2n) is 0.834. The van der Waals surface area contributed by atoms with Crippen LogP contribution in [0.15, 0.2) is 0 Å². The van der Waals surface area contributed by atoms with Crippen LogP contribution in [0.3, 0.4) is 0 Å². The van der Waals surface area contributed by atoms with E-state index in [1.807, 2.05) is 0 Å². The molecule has 0 aliphatic carbocycles. The molecule has 0 amide bonds. The Balaban J connectivity index is 0. The summed E-state index contributed by atoms with van der Waals surface area (Å²) >= 11 is 0.569. The van der Waals surface area contributed by atoms with Crippen LogP contribution in [0.4, 0.5) is 0 Å². The van der Waals surface area contributed by atoms with Crippen molar-refractivity contribution in [3.63, 3.8) is 0 Å². The summed E-state index contributed by atoms with van der Waals surface area (Å²) in [6, 6.07) is 0. The van der Waals surface area contributed by atoms with Gasteiger partial charge in [0.15, 0.2) is 0 Å². The number of hydrogen-bond donors (Lipinski definition) is 0. The molecule has 0 aliphatic rings. The zero-order valence-electron chi connectivity index (χ0n) is 4.06. The van der Waals surface area contributed by atoms with Crippen molar-refractivity contribution in [3.8, 4) is 0 Å². The molecule has 4 heteroatoms. The summed E-state index contributed by atoms with van der Waals surface area (Å²) in [5.41, 5.74) is 0. The minimum absolute atomic E-state index is 0.569. The van der Waals surface area contributed by atoms with Crippen LogP contribution in [0, 0.1) is 0 Å². The van der Waals surface area contributed by atoms with Gasteiger partial charge in [0, 0.05) is 0 Å². The van der Waals surface area contributed by atoms with E-state index in [-0.39, 0.29) is 0 Å². The predicted molar refractivity (Wildman–Crippen MR) is 36.6 cm³/mol. The molecule has 1 atom stereocenters. The fraction of sp³-hybridized carbons (Fsp3) is 1.00. The van der Waals surface area contributed by atoms with Gasteiger partial charge in [0.2, 0.25) is 0 Å². The van der Waals surface area contributed by atoms with Gasteiger partial charge in [-0.1, -0.05) is 13.3 Å². The summed E-state index contributed by atoms with van der Waals surface area (Å²) in [5, 5.41) is 0. The molecule has 0 fully saturated rings. The van der Waals surface area contributed by atoms with Crippen molar-refractivity contribution < 1.29 is 12.7 Å². The maximum absolute atomic E-state index is 4.70. The molecule has 0 nitrogen and oxygen atoms in total. The first-order chi connectivity index (χ1) is 3.33. The molecule has 0 saturated heterocycles. The Hall–Kier alpha value is 1.50. The van der Waals surface area contributed by atoms with E-state index >= 15 is 0 Å². The first-order valence-electron chi connectivity index (χ1n) is 1.85. The predicted octanol–water partition coefficient (Wildman–Crippen LogP) is 2.65. The Morgan fingerprint density at radius 3 is 1.71 bits per heavy atom. The summed E-state index contributed by atoms with van der Waals surface area (Å²) in [6.45, 7) is 2.16. The normalized spacial score (nSPS) is 7.43. The fourth-order valence-electron chi connectivity index (χ4n) is 0. The molecule has 1 unspecified atom stereocenters. The zero-order chi connectivity index (χ0) is 6.12. The molecule has 0 N–H and O–H groups in total. The fourth-order valence-corrected chi connectivity index (χ4v) is 0. The number of rotatable bonds is 1. The van der Waals surface area contributed by atoms with Crippen molar-refractivity contribution in [2.75, 3.05) is 6.16 Å². The van der Waals surface area contributed by atoms with E-state index in [0.29, 0.717) is 12.7 Å². The van der Waals surface area contributed by atoms with Crippen LogP contribution in [0.25, 0.3) is 0 Å². The quantitative estimate of drug-likeness (QED) is 0.456. The van der Waals surface area contributed by atoms with Crippen LogP contribution in [0.1, 0.15) is 13.3 Å². The summed E-state index contributed by atoms with van der Waals surface area (Å²) in [4.78, 5) is 0. The van der Waals surface area contributed by atoms with Gasteiger partial charge in [0.05, 0.1) is 0 Å². The van der Waals surface area contributed by atoms with Crippen molar-refractivity contribution in [3.05, 3.63) is 0 Å². The third kappa shape index (κ3) is 36.3. The van der Waals surface area contributed by atoms with Gasteiger partial charge in [-0.3, -0.25) is 0 Å². The SMILES string of the molecule is CCCP.[Cl][Ni][Cl]. The summed E-state index contributed by atoms with van der Waals surface area (Å²) in [5.74, 6) is 0. The molecule has 7 heavy (non-hydrogen) atoms. The molecule has 0 saturated carbocycles. The molecule has 0 aromatic rings. The van der Waals surface area contributed by atoms with Crippen molar-refractivity contribution in [1.29, 1.82) is 0 Å². The van der Waals surface area contributed by atoms with Crippen LogP contribution >= 0.6 is 29.6 Å². The van der Waals surface area contributed by atoms with Crippen LogP contribution < -0.4 is 0 Å². The van der Waals surface area contributed by atoms with Crippen LogP contribution in [0.2, 0.25) is 0 Å². The average Bonchev–Trinajstić information content (AvgIpc) is 1.69.